The van der Waals surface area contributed by atoms with Crippen molar-refractivity contribution in [1.82, 2.24) is 10.2 Å². The standard InChI is InChI=1S/C11H13N3/c1-9-3-2-4-10(5-9)6-12-11-7-13-14-8-11/h2-5,7-8,12H,6H2,1H3,(H,13,14). The first kappa shape index (κ1) is 8.81. The van der Waals surface area contributed by atoms with Gasteiger partial charge in [0.1, 0.15) is 0 Å². The first-order chi connectivity index (χ1) is 6.84. The van der Waals surface area contributed by atoms with Crippen molar-refractivity contribution in [3.05, 3.63) is 47.8 Å². The van der Waals surface area contributed by atoms with E-state index in [2.05, 4.69) is 46.7 Å². The SMILES string of the molecule is Cc1cccc(CNc2cn[nH]c2)c1. The quantitative estimate of drug-likeness (QED) is 0.774. The van der Waals surface area contributed by atoms with Crippen LogP contribution in [0.4, 0.5) is 5.69 Å². The molecule has 0 aliphatic carbocycles. The molecule has 2 rings (SSSR count). The summed E-state index contributed by atoms with van der Waals surface area (Å²) in [4.78, 5) is 0. The summed E-state index contributed by atoms with van der Waals surface area (Å²) in [7, 11) is 0. The van der Waals surface area contributed by atoms with Crippen LogP contribution in [0.25, 0.3) is 0 Å². The molecule has 0 atom stereocenters. The van der Waals surface area contributed by atoms with Crippen molar-refractivity contribution >= 4 is 5.69 Å². The highest BCUT2D eigenvalue weighted by molar-refractivity contribution is 5.38. The molecular weight excluding hydrogens is 174 g/mol. The summed E-state index contributed by atoms with van der Waals surface area (Å²) in [6.45, 7) is 2.93. The molecule has 0 aliphatic heterocycles. The van der Waals surface area contributed by atoms with Crippen LogP contribution < -0.4 is 5.32 Å². The van der Waals surface area contributed by atoms with Crippen LogP contribution in [-0.4, -0.2) is 10.2 Å². The number of aryl methyl sites for hydroxylation is 1. The second-order valence-electron chi connectivity index (χ2n) is 3.33. The molecule has 1 heterocycles. The van der Waals surface area contributed by atoms with Crippen LogP contribution in [0.5, 0.6) is 0 Å². The minimum Gasteiger partial charge on any atom is -0.378 e. The van der Waals surface area contributed by atoms with E-state index in [4.69, 9.17) is 0 Å². The van der Waals surface area contributed by atoms with Crippen molar-refractivity contribution in [2.75, 3.05) is 5.32 Å². The summed E-state index contributed by atoms with van der Waals surface area (Å²) in [5, 5.41) is 9.90. The predicted molar refractivity (Wildman–Crippen MR) is 57.1 cm³/mol. The number of rotatable bonds is 3. The number of nitrogens with one attached hydrogen (secondary N) is 2. The highest BCUT2D eigenvalue weighted by Gasteiger charge is 1.94. The normalized spacial score (nSPS) is 10.1. The van der Waals surface area contributed by atoms with E-state index >= 15 is 0 Å². The molecule has 0 spiro atoms. The van der Waals surface area contributed by atoms with Gasteiger partial charge in [-0.05, 0) is 12.5 Å². The van der Waals surface area contributed by atoms with E-state index in [1.807, 2.05) is 6.20 Å². The van der Waals surface area contributed by atoms with Gasteiger partial charge in [-0.2, -0.15) is 5.10 Å². The van der Waals surface area contributed by atoms with Gasteiger partial charge in [0, 0.05) is 12.7 Å². The molecule has 1 aromatic carbocycles. The second-order valence-corrected chi connectivity index (χ2v) is 3.33. The van der Waals surface area contributed by atoms with Crippen LogP contribution in [-0.2, 0) is 6.54 Å². The molecule has 0 radical (unpaired) electrons. The number of anilines is 1. The summed E-state index contributed by atoms with van der Waals surface area (Å²) in [5.74, 6) is 0. The zero-order chi connectivity index (χ0) is 9.80. The third kappa shape index (κ3) is 2.13. The fraction of sp³-hybridized carbons (Fsp3) is 0.182. The number of hydrogen-bond acceptors (Lipinski definition) is 2. The Balaban J connectivity index is 1.98. The van der Waals surface area contributed by atoms with E-state index in [1.165, 1.54) is 11.1 Å². The van der Waals surface area contributed by atoms with Crippen LogP contribution >= 0.6 is 0 Å². The van der Waals surface area contributed by atoms with Crippen molar-refractivity contribution in [2.24, 2.45) is 0 Å². The summed E-state index contributed by atoms with van der Waals surface area (Å²) in [6, 6.07) is 8.45. The monoisotopic (exact) mass is 187 g/mol. The zero-order valence-electron chi connectivity index (χ0n) is 8.12. The van der Waals surface area contributed by atoms with Crippen molar-refractivity contribution in [1.29, 1.82) is 0 Å². The Morgan fingerprint density at radius 3 is 3.07 bits per heavy atom. The highest BCUT2D eigenvalue weighted by atomic mass is 15.1. The molecular formula is C11H13N3. The number of hydrogen-bond donors (Lipinski definition) is 2. The number of H-pyrrole nitrogens is 1. The molecule has 0 saturated carbocycles. The molecule has 0 unspecified atom stereocenters. The first-order valence-electron chi connectivity index (χ1n) is 4.63. The van der Waals surface area contributed by atoms with Crippen LogP contribution in [0.3, 0.4) is 0 Å². The third-order valence-corrected chi connectivity index (χ3v) is 2.08. The van der Waals surface area contributed by atoms with Crippen molar-refractivity contribution < 1.29 is 0 Å². The second kappa shape index (κ2) is 3.96. The molecule has 0 amide bonds. The average molecular weight is 187 g/mol. The van der Waals surface area contributed by atoms with Gasteiger partial charge in [-0.1, -0.05) is 29.8 Å². The largest absolute Gasteiger partial charge is 0.378 e. The van der Waals surface area contributed by atoms with Gasteiger partial charge in [0.15, 0.2) is 0 Å². The van der Waals surface area contributed by atoms with Crippen LogP contribution in [0.1, 0.15) is 11.1 Å². The maximum atomic E-state index is 3.86. The third-order valence-electron chi connectivity index (χ3n) is 2.08. The Hall–Kier alpha value is -1.77. The lowest BCUT2D eigenvalue weighted by Crippen LogP contribution is -1.98. The lowest BCUT2D eigenvalue weighted by molar-refractivity contribution is 1.09. The topological polar surface area (TPSA) is 40.7 Å². The zero-order valence-corrected chi connectivity index (χ0v) is 8.12. The van der Waals surface area contributed by atoms with E-state index in [1.54, 1.807) is 6.20 Å². The van der Waals surface area contributed by atoms with E-state index in [0.717, 1.165) is 12.2 Å². The molecule has 0 bridgehead atoms. The lowest BCUT2D eigenvalue weighted by atomic mass is 10.1. The van der Waals surface area contributed by atoms with Gasteiger partial charge < -0.3 is 5.32 Å². The van der Waals surface area contributed by atoms with Gasteiger partial charge in [0.2, 0.25) is 0 Å². The van der Waals surface area contributed by atoms with Gasteiger partial charge in [-0.3, -0.25) is 5.10 Å². The van der Waals surface area contributed by atoms with E-state index in [9.17, 15) is 0 Å². The minimum absolute atomic E-state index is 0.835. The van der Waals surface area contributed by atoms with E-state index < -0.39 is 0 Å². The van der Waals surface area contributed by atoms with E-state index in [-0.39, 0.29) is 0 Å². The summed E-state index contributed by atoms with van der Waals surface area (Å²) >= 11 is 0. The number of benzene rings is 1. The molecule has 3 nitrogen and oxygen atoms in total. The molecule has 2 N–H and O–H groups in total. The Kier molecular flexibility index (Phi) is 2.49. The molecule has 0 aliphatic rings. The van der Waals surface area contributed by atoms with Gasteiger partial charge in [0.05, 0.1) is 11.9 Å². The number of nitrogens with zero attached hydrogens (tertiary/aromatic N) is 1. The Morgan fingerprint density at radius 1 is 1.43 bits per heavy atom. The van der Waals surface area contributed by atoms with E-state index in [0.29, 0.717) is 0 Å². The van der Waals surface area contributed by atoms with Crippen molar-refractivity contribution in [3.63, 3.8) is 0 Å². The molecule has 0 saturated heterocycles. The lowest BCUT2D eigenvalue weighted by Gasteiger charge is -2.03. The predicted octanol–water partition coefficient (Wildman–Crippen LogP) is 2.33. The first-order valence-corrected chi connectivity index (χ1v) is 4.63. The number of aromatic nitrogens is 2. The van der Waals surface area contributed by atoms with Crippen LogP contribution in [0.2, 0.25) is 0 Å². The maximum Gasteiger partial charge on any atom is 0.0726 e. The van der Waals surface area contributed by atoms with Crippen LogP contribution in [0.15, 0.2) is 36.7 Å². The minimum atomic E-state index is 0.835. The Morgan fingerprint density at radius 2 is 2.36 bits per heavy atom. The molecule has 14 heavy (non-hydrogen) atoms. The fourth-order valence-electron chi connectivity index (χ4n) is 1.37. The molecule has 0 fully saturated rings. The average Bonchev–Trinajstić information content (AvgIpc) is 2.67. The Bertz CT molecular complexity index is 393. The smallest absolute Gasteiger partial charge is 0.0726 e. The Labute approximate surface area is 83.2 Å². The highest BCUT2D eigenvalue weighted by Crippen LogP contribution is 2.07. The summed E-state index contributed by atoms with van der Waals surface area (Å²) in [6.07, 6.45) is 3.62. The fourth-order valence-corrected chi connectivity index (χ4v) is 1.37. The summed E-state index contributed by atoms with van der Waals surface area (Å²) < 4.78 is 0. The van der Waals surface area contributed by atoms with Crippen molar-refractivity contribution in [2.45, 2.75) is 13.5 Å². The van der Waals surface area contributed by atoms with Crippen molar-refractivity contribution in [3.8, 4) is 0 Å². The molecule has 3 heteroatoms. The number of aromatic amines is 1. The summed E-state index contributed by atoms with van der Waals surface area (Å²) in [5.41, 5.74) is 3.59. The molecule has 2 aromatic rings. The van der Waals surface area contributed by atoms with Gasteiger partial charge >= 0.3 is 0 Å². The molecule has 72 valence electrons. The van der Waals surface area contributed by atoms with Gasteiger partial charge in [-0.15, -0.1) is 0 Å². The maximum absolute atomic E-state index is 3.86. The van der Waals surface area contributed by atoms with Crippen LogP contribution in [0, 0.1) is 6.92 Å². The van der Waals surface area contributed by atoms with Gasteiger partial charge in [0.25, 0.3) is 0 Å². The molecule has 1 aromatic heterocycles. The van der Waals surface area contributed by atoms with Gasteiger partial charge in [-0.25, -0.2) is 0 Å².